The summed E-state index contributed by atoms with van der Waals surface area (Å²) in [6.45, 7) is 54.9. The smallest absolute Gasteiger partial charge is 0.298 e. The van der Waals surface area contributed by atoms with Crippen LogP contribution in [-0.2, 0) is 48.7 Å². The molecule has 468 valence electrons. The third-order valence-corrected chi connectivity index (χ3v) is 28.0. The van der Waals surface area contributed by atoms with E-state index < -0.39 is 0 Å². The Bertz CT molecular complexity index is 4510. The van der Waals surface area contributed by atoms with E-state index in [1.54, 1.807) is 5.56 Å². The molecule has 8 aliphatic rings. The van der Waals surface area contributed by atoms with Crippen molar-refractivity contribution in [1.29, 1.82) is 0 Å². The fraction of sp³-hybridized carbons (Fsp3) is 0.524. The van der Waals surface area contributed by atoms with Crippen LogP contribution in [0.25, 0.3) is 21.1 Å². The Hall–Kier alpha value is -5.72. The van der Waals surface area contributed by atoms with Crippen molar-refractivity contribution < 1.29 is 4.42 Å². The third kappa shape index (κ3) is 7.78. The molecule has 0 saturated heterocycles. The van der Waals surface area contributed by atoms with Gasteiger partial charge in [0.25, 0.3) is 6.71 Å². The van der Waals surface area contributed by atoms with Crippen molar-refractivity contribution in [2.75, 3.05) is 14.7 Å². The minimum Gasteiger partial charge on any atom is -0.468 e. The zero-order valence-electron chi connectivity index (χ0n) is 59.1. The van der Waals surface area contributed by atoms with Crippen LogP contribution in [0.15, 0.2) is 77.2 Å². The lowest BCUT2D eigenvalue weighted by Gasteiger charge is -2.51. The van der Waals surface area contributed by atoms with Crippen LogP contribution in [0.2, 0.25) is 0 Å². The van der Waals surface area contributed by atoms with Crippen molar-refractivity contribution in [3.05, 3.63) is 145 Å². The van der Waals surface area contributed by atoms with Crippen LogP contribution in [0.3, 0.4) is 0 Å². The molecule has 8 aromatic rings. The van der Waals surface area contributed by atoms with Gasteiger partial charge in [-0.05, 0) is 285 Å². The van der Waals surface area contributed by atoms with Crippen molar-refractivity contribution in [3.63, 3.8) is 0 Å². The second-order valence-electron chi connectivity index (χ2n) is 36.5. The summed E-state index contributed by atoms with van der Waals surface area (Å²) in [6, 6.07) is 31.7. The third-order valence-electron chi connectivity index (χ3n) is 26.8. The highest BCUT2D eigenvalue weighted by Gasteiger charge is 2.60. The lowest BCUT2D eigenvalue weighted by atomic mass is 9.35. The molecule has 90 heavy (non-hydrogen) atoms. The number of furan rings is 1. The van der Waals surface area contributed by atoms with E-state index in [1.165, 1.54) is 183 Å². The van der Waals surface area contributed by atoms with Crippen LogP contribution in [-0.4, -0.2) is 12.3 Å². The predicted molar refractivity (Wildman–Crippen MR) is 389 cm³/mol. The number of hydrogen-bond donors (Lipinski definition) is 0. The van der Waals surface area contributed by atoms with Gasteiger partial charge in [-0.2, -0.15) is 0 Å². The molecule has 4 nitrogen and oxygen atoms in total. The first-order valence-electron chi connectivity index (χ1n) is 35.2. The van der Waals surface area contributed by atoms with Gasteiger partial charge in [-0.15, -0.1) is 11.3 Å². The first-order valence-corrected chi connectivity index (χ1v) is 36.0. The summed E-state index contributed by atoms with van der Waals surface area (Å²) in [7, 11) is 0. The average Bonchev–Trinajstić information content (AvgIpc) is 1.42. The van der Waals surface area contributed by atoms with Gasteiger partial charge in [0.15, 0.2) is 0 Å². The van der Waals surface area contributed by atoms with Gasteiger partial charge in [0.1, 0.15) is 5.58 Å². The normalized spacial score (nSPS) is 25.2. The number of rotatable bonds is 3. The van der Waals surface area contributed by atoms with E-state index >= 15 is 0 Å². The number of aryl methyl sites for hydroxylation is 4. The zero-order chi connectivity index (χ0) is 63.9. The van der Waals surface area contributed by atoms with Crippen molar-refractivity contribution in [3.8, 4) is 0 Å². The number of nitrogens with zero attached hydrogens (tertiary/aromatic N) is 3. The SMILES string of the molecule is Cc1cc(C)c2c(c1)N(c1cc3c4c(c1)N(c1cc5c(cc1C)C(C)(C)CCC5(C)C)c1c(oc5cc6c(cc15)C(C)(C)CCC6(C)C)B4c1c(sc4cc5c(cc14)C(C)(C)CCC5(C)C)N3c1cc3c(cc1C)C(C)(C)CCC3(C)C)C1(C)CCCCC21C. The number of anilines is 8. The summed E-state index contributed by atoms with van der Waals surface area (Å²) < 4.78 is 9.52. The lowest BCUT2D eigenvalue weighted by molar-refractivity contribution is 0.194. The molecule has 3 aliphatic heterocycles. The van der Waals surface area contributed by atoms with Gasteiger partial charge in [0.05, 0.1) is 27.6 Å². The van der Waals surface area contributed by atoms with Gasteiger partial charge in [-0.25, -0.2) is 0 Å². The molecule has 2 atom stereocenters. The molecule has 1 saturated carbocycles. The van der Waals surface area contributed by atoms with E-state index in [4.69, 9.17) is 4.42 Å². The van der Waals surface area contributed by atoms with Gasteiger partial charge >= 0.3 is 0 Å². The second kappa shape index (κ2) is 18.1. The largest absolute Gasteiger partial charge is 0.468 e. The fourth-order valence-electron chi connectivity index (χ4n) is 20.4. The zero-order valence-corrected chi connectivity index (χ0v) is 60.0. The molecule has 5 heterocycles. The molecule has 2 aromatic heterocycles. The second-order valence-corrected chi connectivity index (χ2v) is 37.5. The number of benzene rings is 6. The van der Waals surface area contributed by atoms with Crippen LogP contribution in [0.4, 0.5) is 44.8 Å². The minimum absolute atomic E-state index is 0.00195. The molecule has 0 amide bonds. The Morgan fingerprint density at radius 1 is 0.389 bits per heavy atom. The maximum Gasteiger partial charge on any atom is 0.298 e. The van der Waals surface area contributed by atoms with Crippen LogP contribution in [0.5, 0.6) is 0 Å². The van der Waals surface area contributed by atoms with Crippen LogP contribution >= 0.6 is 11.3 Å². The maximum atomic E-state index is 8.13. The standard InChI is InChI=1S/C84H102BN3OS/c1-47-35-50(4)69-64(36-47)88(84(22)26-24-23-25-83(69,84)21)51-39-65-71-66(40-51)87(63-44-59-55(38-49(63)3)76(7,8)28-32-80(59,15)16)74-70(53-42-57-61(46-68(53)90-74)82(19,20)34-30-78(57,11)12)85(71)73-72(52-41-56-60(45-67(52)89-73)81(17,18)33-29-77(56,9)10)86(65)62-43-58-54(37-48(62)2)75(5,6)27-31-79(58,13)14/h35-46H,23-34H2,1-22H3. The molecule has 0 spiro atoms. The van der Waals surface area contributed by atoms with Crippen molar-refractivity contribution >= 4 is 101 Å². The highest BCUT2D eigenvalue weighted by molar-refractivity contribution is 7.26. The predicted octanol–water partition coefficient (Wildman–Crippen LogP) is 22.1. The lowest BCUT2D eigenvalue weighted by Crippen LogP contribution is -2.61. The Labute approximate surface area is 545 Å². The molecule has 2 unspecified atom stereocenters. The Morgan fingerprint density at radius 3 is 1.34 bits per heavy atom. The molecule has 5 aliphatic carbocycles. The van der Waals surface area contributed by atoms with E-state index in [2.05, 4.69) is 251 Å². The Morgan fingerprint density at radius 2 is 0.822 bits per heavy atom. The van der Waals surface area contributed by atoms with E-state index in [0.29, 0.717) is 0 Å². The quantitative estimate of drug-likeness (QED) is 0.164. The molecule has 0 N–H and O–H groups in total. The van der Waals surface area contributed by atoms with Gasteiger partial charge in [-0.1, -0.05) is 149 Å². The van der Waals surface area contributed by atoms with Crippen LogP contribution in [0.1, 0.15) is 274 Å². The summed E-state index contributed by atoms with van der Waals surface area (Å²) in [5.74, 6) is 0. The molecule has 1 fully saturated rings. The van der Waals surface area contributed by atoms with E-state index in [9.17, 15) is 0 Å². The number of fused-ring (bicyclic) bond motifs is 15. The van der Waals surface area contributed by atoms with Gasteiger partial charge in [0.2, 0.25) is 0 Å². The first-order chi connectivity index (χ1) is 41.9. The number of hydrogen-bond acceptors (Lipinski definition) is 5. The molecular weight excluding hydrogens is 1110 g/mol. The van der Waals surface area contributed by atoms with E-state index in [-0.39, 0.29) is 61.0 Å². The molecule has 6 heteroatoms. The molecule has 0 bridgehead atoms. The maximum absolute atomic E-state index is 8.13. The highest BCUT2D eigenvalue weighted by atomic mass is 32.1. The molecule has 6 aromatic carbocycles. The Balaban J connectivity index is 1.11. The van der Waals surface area contributed by atoms with Crippen molar-refractivity contribution in [2.45, 2.75) is 284 Å². The molecule has 0 radical (unpaired) electrons. The van der Waals surface area contributed by atoms with Crippen LogP contribution < -0.4 is 31.3 Å². The molecule has 16 rings (SSSR count). The van der Waals surface area contributed by atoms with Crippen molar-refractivity contribution in [1.82, 2.24) is 0 Å². The monoisotopic (exact) mass is 1210 g/mol. The molecular formula is C84H102BN3OS. The summed E-state index contributed by atoms with van der Waals surface area (Å²) in [5.41, 5.74) is 33.0. The highest BCUT2D eigenvalue weighted by Crippen LogP contribution is 2.64. The van der Waals surface area contributed by atoms with E-state index in [1.807, 2.05) is 0 Å². The number of thiophene rings is 1. The minimum atomic E-state index is -0.189. The summed E-state index contributed by atoms with van der Waals surface area (Å²) in [6.07, 6.45) is 14.1. The van der Waals surface area contributed by atoms with E-state index in [0.717, 1.165) is 43.3 Å². The first kappa shape index (κ1) is 59.3. The summed E-state index contributed by atoms with van der Waals surface area (Å²) in [5, 5.41) is 3.98. The average molecular weight is 1210 g/mol. The Kier molecular flexibility index (Phi) is 12.0. The van der Waals surface area contributed by atoms with Crippen molar-refractivity contribution in [2.24, 2.45) is 0 Å². The fourth-order valence-corrected chi connectivity index (χ4v) is 21.7. The summed E-state index contributed by atoms with van der Waals surface area (Å²) in [4.78, 5) is 8.59. The van der Waals surface area contributed by atoms with Crippen LogP contribution in [0, 0.1) is 27.7 Å². The van der Waals surface area contributed by atoms with Gasteiger partial charge < -0.3 is 19.1 Å². The summed E-state index contributed by atoms with van der Waals surface area (Å²) >= 11 is 2.06. The topological polar surface area (TPSA) is 22.9 Å². The van der Waals surface area contributed by atoms with Gasteiger partial charge in [0, 0.05) is 43.9 Å². The van der Waals surface area contributed by atoms with Gasteiger partial charge in [-0.3, -0.25) is 0 Å².